The van der Waals surface area contributed by atoms with Crippen molar-refractivity contribution in [1.29, 1.82) is 0 Å². The normalized spacial score (nSPS) is 18.7. The summed E-state index contributed by atoms with van der Waals surface area (Å²) in [4.78, 5) is 16.0. The molecule has 0 spiro atoms. The van der Waals surface area contributed by atoms with E-state index >= 15 is 0 Å². The van der Waals surface area contributed by atoms with Crippen molar-refractivity contribution < 1.29 is 4.79 Å². The summed E-state index contributed by atoms with van der Waals surface area (Å²) in [6.45, 7) is 0. The summed E-state index contributed by atoms with van der Waals surface area (Å²) in [5.41, 5.74) is 5.90. The zero-order chi connectivity index (χ0) is 12.3. The molecule has 1 aromatic heterocycles. The molecule has 0 radical (unpaired) electrons. The molecule has 5 heteroatoms. The van der Waals surface area contributed by atoms with Crippen LogP contribution in [0.4, 0.5) is 5.69 Å². The van der Waals surface area contributed by atoms with Crippen LogP contribution >= 0.6 is 11.6 Å². The Kier molecular flexibility index (Phi) is 3.64. The first-order valence-corrected chi connectivity index (χ1v) is 6.20. The molecular weight excluding hydrogens is 238 g/mol. The van der Waals surface area contributed by atoms with Crippen molar-refractivity contribution in [2.75, 3.05) is 5.32 Å². The van der Waals surface area contributed by atoms with Gasteiger partial charge in [0.1, 0.15) is 0 Å². The predicted octanol–water partition coefficient (Wildman–Crippen LogP) is 2.34. The molecule has 17 heavy (non-hydrogen) atoms. The van der Waals surface area contributed by atoms with E-state index in [-0.39, 0.29) is 5.91 Å². The first-order chi connectivity index (χ1) is 8.12. The molecule has 0 unspecified atom stereocenters. The van der Waals surface area contributed by atoms with E-state index in [4.69, 9.17) is 17.3 Å². The first-order valence-electron chi connectivity index (χ1n) is 5.83. The number of hydrogen-bond donors (Lipinski definition) is 2. The number of nitrogens with two attached hydrogens (primary N) is 1. The van der Waals surface area contributed by atoms with Crippen LogP contribution in [0.25, 0.3) is 0 Å². The lowest BCUT2D eigenvalue weighted by Crippen LogP contribution is -2.52. The van der Waals surface area contributed by atoms with Gasteiger partial charge in [-0.2, -0.15) is 0 Å². The maximum Gasteiger partial charge on any atom is 0.244 e. The molecule has 0 atom stereocenters. The van der Waals surface area contributed by atoms with Crippen molar-refractivity contribution in [2.24, 2.45) is 5.73 Å². The fourth-order valence-corrected chi connectivity index (χ4v) is 2.30. The number of anilines is 1. The lowest BCUT2D eigenvalue weighted by molar-refractivity contribution is -0.122. The second-order valence-electron chi connectivity index (χ2n) is 4.51. The Balaban J connectivity index is 2.08. The molecule has 1 saturated carbocycles. The quantitative estimate of drug-likeness (QED) is 0.795. The van der Waals surface area contributed by atoms with Crippen LogP contribution < -0.4 is 11.1 Å². The van der Waals surface area contributed by atoms with Crippen molar-refractivity contribution in [3.05, 3.63) is 23.5 Å². The number of carbonyl (C=O) groups is 1. The molecule has 1 amide bonds. The van der Waals surface area contributed by atoms with Crippen LogP contribution in [0.1, 0.15) is 32.1 Å². The Hall–Kier alpha value is -1.13. The van der Waals surface area contributed by atoms with Crippen molar-refractivity contribution in [1.82, 2.24) is 4.98 Å². The molecule has 0 aliphatic heterocycles. The molecule has 3 N–H and O–H groups in total. The molecule has 92 valence electrons. The Morgan fingerprint density at radius 1 is 1.41 bits per heavy atom. The van der Waals surface area contributed by atoms with E-state index in [1.54, 1.807) is 18.3 Å². The van der Waals surface area contributed by atoms with Gasteiger partial charge in [0.2, 0.25) is 5.91 Å². The number of halogens is 1. The van der Waals surface area contributed by atoms with Crippen LogP contribution in [-0.2, 0) is 4.79 Å². The highest BCUT2D eigenvalue weighted by atomic mass is 35.5. The number of aromatic nitrogens is 1. The lowest BCUT2D eigenvalue weighted by atomic mass is 9.82. The van der Waals surface area contributed by atoms with E-state index in [2.05, 4.69) is 10.3 Å². The van der Waals surface area contributed by atoms with Gasteiger partial charge in [-0.1, -0.05) is 30.9 Å². The smallest absolute Gasteiger partial charge is 0.244 e. The Morgan fingerprint density at radius 2 is 2.12 bits per heavy atom. The number of amides is 1. The minimum atomic E-state index is -0.753. The SMILES string of the molecule is NC1(C(=O)Nc2cccnc2Cl)CCCCC1. The van der Waals surface area contributed by atoms with Crippen molar-refractivity contribution >= 4 is 23.2 Å². The summed E-state index contributed by atoms with van der Waals surface area (Å²) in [6, 6.07) is 3.45. The summed E-state index contributed by atoms with van der Waals surface area (Å²) >= 11 is 5.89. The fraction of sp³-hybridized carbons (Fsp3) is 0.500. The minimum absolute atomic E-state index is 0.160. The first kappa shape index (κ1) is 12.3. The van der Waals surface area contributed by atoms with Gasteiger partial charge in [-0.05, 0) is 25.0 Å². The largest absolute Gasteiger partial charge is 0.322 e. The molecule has 0 aromatic carbocycles. The zero-order valence-corrected chi connectivity index (χ0v) is 10.3. The van der Waals surface area contributed by atoms with Crippen molar-refractivity contribution in [3.8, 4) is 0 Å². The average molecular weight is 254 g/mol. The maximum absolute atomic E-state index is 12.1. The molecular formula is C12H16ClN3O. The van der Waals surface area contributed by atoms with Crippen LogP contribution in [0.5, 0.6) is 0 Å². The second-order valence-corrected chi connectivity index (χ2v) is 4.87. The zero-order valence-electron chi connectivity index (χ0n) is 9.58. The monoisotopic (exact) mass is 253 g/mol. The third-order valence-corrected chi connectivity index (χ3v) is 3.51. The average Bonchev–Trinajstić information content (AvgIpc) is 2.33. The number of nitrogens with one attached hydrogen (secondary N) is 1. The van der Waals surface area contributed by atoms with E-state index in [9.17, 15) is 4.79 Å². The molecule has 4 nitrogen and oxygen atoms in total. The number of nitrogens with zero attached hydrogens (tertiary/aromatic N) is 1. The summed E-state index contributed by atoms with van der Waals surface area (Å²) < 4.78 is 0. The Morgan fingerprint density at radius 3 is 2.76 bits per heavy atom. The van der Waals surface area contributed by atoms with E-state index in [1.807, 2.05) is 0 Å². The van der Waals surface area contributed by atoms with E-state index < -0.39 is 5.54 Å². The molecule has 0 bridgehead atoms. The van der Waals surface area contributed by atoms with E-state index in [1.165, 1.54) is 0 Å². The summed E-state index contributed by atoms with van der Waals surface area (Å²) in [5.74, 6) is -0.160. The summed E-state index contributed by atoms with van der Waals surface area (Å²) in [7, 11) is 0. The second kappa shape index (κ2) is 5.02. The van der Waals surface area contributed by atoms with Gasteiger partial charge in [-0.25, -0.2) is 4.98 Å². The number of rotatable bonds is 2. The maximum atomic E-state index is 12.1. The van der Waals surface area contributed by atoms with Gasteiger partial charge >= 0.3 is 0 Å². The molecule has 1 heterocycles. The van der Waals surface area contributed by atoms with E-state index in [0.717, 1.165) is 32.1 Å². The van der Waals surface area contributed by atoms with Gasteiger partial charge in [-0.15, -0.1) is 0 Å². The fourth-order valence-electron chi connectivity index (χ4n) is 2.14. The topological polar surface area (TPSA) is 68.0 Å². The number of carbonyl (C=O) groups excluding carboxylic acids is 1. The van der Waals surface area contributed by atoms with Gasteiger partial charge in [0.25, 0.3) is 0 Å². The van der Waals surface area contributed by atoms with Crippen LogP contribution in [0.15, 0.2) is 18.3 Å². The number of hydrogen-bond acceptors (Lipinski definition) is 3. The molecule has 0 saturated heterocycles. The standard InChI is InChI=1S/C12H16ClN3O/c13-10-9(5-4-8-15-10)16-11(17)12(14)6-2-1-3-7-12/h4-5,8H,1-3,6-7,14H2,(H,16,17). The van der Waals surface area contributed by atoms with Crippen LogP contribution in [-0.4, -0.2) is 16.4 Å². The summed E-state index contributed by atoms with van der Waals surface area (Å²) in [5, 5.41) is 3.05. The van der Waals surface area contributed by atoms with Gasteiger partial charge in [-0.3, -0.25) is 4.79 Å². The molecule has 1 fully saturated rings. The van der Waals surface area contributed by atoms with Crippen LogP contribution in [0, 0.1) is 0 Å². The van der Waals surface area contributed by atoms with Gasteiger partial charge < -0.3 is 11.1 Å². The van der Waals surface area contributed by atoms with Crippen LogP contribution in [0.2, 0.25) is 5.15 Å². The van der Waals surface area contributed by atoms with Crippen molar-refractivity contribution in [3.63, 3.8) is 0 Å². The van der Waals surface area contributed by atoms with Gasteiger partial charge in [0, 0.05) is 6.20 Å². The van der Waals surface area contributed by atoms with Crippen molar-refractivity contribution in [2.45, 2.75) is 37.6 Å². The molecule has 1 aromatic rings. The minimum Gasteiger partial charge on any atom is -0.322 e. The van der Waals surface area contributed by atoms with E-state index in [0.29, 0.717) is 10.8 Å². The van der Waals surface area contributed by atoms with Gasteiger partial charge in [0.05, 0.1) is 11.2 Å². The third kappa shape index (κ3) is 2.76. The highest BCUT2D eigenvalue weighted by Crippen LogP contribution is 2.28. The van der Waals surface area contributed by atoms with Gasteiger partial charge in [0.15, 0.2) is 5.15 Å². The highest BCUT2D eigenvalue weighted by Gasteiger charge is 2.35. The Bertz CT molecular complexity index is 416. The number of pyridine rings is 1. The Labute approximate surface area is 106 Å². The summed E-state index contributed by atoms with van der Waals surface area (Å²) in [6.07, 6.45) is 6.21. The van der Waals surface area contributed by atoms with Crippen LogP contribution in [0.3, 0.4) is 0 Å². The predicted molar refractivity (Wildman–Crippen MR) is 67.9 cm³/mol. The molecule has 1 aliphatic rings. The molecule has 2 rings (SSSR count). The third-order valence-electron chi connectivity index (χ3n) is 3.21. The lowest BCUT2D eigenvalue weighted by Gasteiger charge is -2.31. The highest BCUT2D eigenvalue weighted by molar-refractivity contribution is 6.32. The molecule has 1 aliphatic carbocycles.